The van der Waals surface area contributed by atoms with Gasteiger partial charge in [0, 0.05) is 41.0 Å². The number of aromatic nitrogens is 3. The number of nitrogens with zero attached hydrogens (tertiary/aromatic N) is 3. The number of hydrogen-bond donors (Lipinski definition) is 1. The molecule has 160 valence electrons. The summed E-state index contributed by atoms with van der Waals surface area (Å²) < 4.78 is 33.8. The van der Waals surface area contributed by atoms with Crippen molar-refractivity contribution >= 4 is 33.3 Å². The molecular formula is C20H22Cl2N4O3S. The highest BCUT2D eigenvalue weighted by atomic mass is 35.5. The molecular weight excluding hydrogens is 447 g/mol. The molecule has 3 rings (SSSR count). The van der Waals surface area contributed by atoms with Crippen molar-refractivity contribution in [3.63, 3.8) is 0 Å². The Labute approximate surface area is 185 Å². The van der Waals surface area contributed by atoms with E-state index in [1.807, 2.05) is 19.9 Å². The fourth-order valence-electron chi connectivity index (χ4n) is 3.04. The van der Waals surface area contributed by atoms with Gasteiger partial charge in [-0.25, -0.2) is 4.98 Å². The number of rotatable bonds is 8. The SMILES string of the molecule is CC(C)c1nc(CCN)n(Cc2cccnc2)c1S(=O)(=O)Oc1cc(Cl)cc(Cl)c1. The highest BCUT2D eigenvalue weighted by molar-refractivity contribution is 7.87. The van der Waals surface area contributed by atoms with Crippen LogP contribution < -0.4 is 9.92 Å². The first-order valence-electron chi connectivity index (χ1n) is 9.30. The van der Waals surface area contributed by atoms with Crippen molar-refractivity contribution in [2.75, 3.05) is 6.54 Å². The van der Waals surface area contributed by atoms with Gasteiger partial charge in [0.1, 0.15) is 11.6 Å². The van der Waals surface area contributed by atoms with Gasteiger partial charge < -0.3 is 14.5 Å². The molecule has 0 aliphatic rings. The first-order valence-corrected chi connectivity index (χ1v) is 11.5. The lowest BCUT2D eigenvalue weighted by molar-refractivity contribution is 0.471. The van der Waals surface area contributed by atoms with Crippen molar-refractivity contribution in [3.8, 4) is 5.75 Å². The summed E-state index contributed by atoms with van der Waals surface area (Å²) in [5.41, 5.74) is 6.99. The van der Waals surface area contributed by atoms with E-state index in [9.17, 15) is 8.42 Å². The predicted octanol–water partition coefficient (Wildman–Crippen LogP) is 4.03. The van der Waals surface area contributed by atoms with Gasteiger partial charge in [-0.1, -0.05) is 43.1 Å². The third-order valence-corrected chi connectivity index (χ3v) is 6.03. The molecule has 0 bridgehead atoms. The van der Waals surface area contributed by atoms with Gasteiger partial charge in [-0.2, -0.15) is 8.42 Å². The summed E-state index contributed by atoms with van der Waals surface area (Å²) in [4.78, 5) is 8.70. The van der Waals surface area contributed by atoms with Gasteiger partial charge >= 0.3 is 10.1 Å². The summed E-state index contributed by atoms with van der Waals surface area (Å²) in [5.74, 6) is 0.432. The largest absolute Gasteiger partial charge is 0.378 e. The van der Waals surface area contributed by atoms with E-state index in [2.05, 4.69) is 9.97 Å². The fourth-order valence-corrected chi connectivity index (χ4v) is 4.95. The molecule has 0 saturated heterocycles. The van der Waals surface area contributed by atoms with E-state index < -0.39 is 10.1 Å². The fraction of sp³-hybridized carbons (Fsp3) is 0.300. The highest BCUT2D eigenvalue weighted by Crippen LogP contribution is 2.31. The predicted molar refractivity (Wildman–Crippen MR) is 117 cm³/mol. The molecule has 2 heterocycles. The zero-order valence-corrected chi connectivity index (χ0v) is 18.9. The van der Waals surface area contributed by atoms with Crippen LogP contribution in [0.25, 0.3) is 0 Å². The van der Waals surface area contributed by atoms with E-state index in [4.69, 9.17) is 33.1 Å². The van der Waals surface area contributed by atoms with Gasteiger partial charge in [-0.05, 0) is 30.2 Å². The summed E-state index contributed by atoms with van der Waals surface area (Å²) in [7, 11) is -4.25. The zero-order chi connectivity index (χ0) is 21.9. The number of halogens is 2. The van der Waals surface area contributed by atoms with Crippen molar-refractivity contribution in [3.05, 3.63) is 69.9 Å². The quantitative estimate of drug-likeness (QED) is 0.500. The third kappa shape index (κ3) is 5.13. The first kappa shape index (κ1) is 22.6. The average molecular weight is 469 g/mol. The molecule has 0 saturated carbocycles. The number of imidazole rings is 1. The van der Waals surface area contributed by atoms with Crippen LogP contribution in [0.5, 0.6) is 5.75 Å². The maximum Gasteiger partial charge on any atom is 0.357 e. The molecule has 1 aromatic carbocycles. The molecule has 0 radical (unpaired) electrons. The Morgan fingerprint density at radius 1 is 1.20 bits per heavy atom. The van der Waals surface area contributed by atoms with E-state index in [0.717, 1.165) is 5.56 Å². The second kappa shape index (κ2) is 9.34. The first-order chi connectivity index (χ1) is 14.2. The molecule has 2 N–H and O–H groups in total. The van der Waals surface area contributed by atoms with E-state index in [0.29, 0.717) is 24.5 Å². The lowest BCUT2D eigenvalue weighted by Gasteiger charge is -2.14. The van der Waals surface area contributed by atoms with E-state index >= 15 is 0 Å². The molecule has 0 spiro atoms. The van der Waals surface area contributed by atoms with E-state index in [1.165, 1.54) is 18.2 Å². The minimum absolute atomic E-state index is 0.0131. The summed E-state index contributed by atoms with van der Waals surface area (Å²) in [5, 5.41) is 0.523. The minimum atomic E-state index is -4.25. The maximum atomic E-state index is 13.4. The molecule has 0 aliphatic carbocycles. The summed E-state index contributed by atoms with van der Waals surface area (Å²) >= 11 is 12.0. The average Bonchev–Trinajstić information content (AvgIpc) is 3.01. The lowest BCUT2D eigenvalue weighted by Crippen LogP contribution is -2.20. The lowest BCUT2D eigenvalue weighted by atomic mass is 10.1. The van der Waals surface area contributed by atoms with Crippen molar-refractivity contribution in [2.45, 2.75) is 37.8 Å². The molecule has 0 aliphatic heterocycles. The Morgan fingerprint density at radius 2 is 1.90 bits per heavy atom. The Balaban J connectivity index is 2.14. The van der Waals surface area contributed by atoms with Gasteiger partial charge in [-0.15, -0.1) is 0 Å². The van der Waals surface area contributed by atoms with Crippen LogP contribution in [-0.2, 0) is 23.1 Å². The molecule has 0 unspecified atom stereocenters. The molecule has 0 atom stereocenters. The standard InChI is InChI=1S/C20H22Cl2N4O3S/c1-13(2)19-20(30(27,28)29-17-9-15(21)8-16(22)10-17)26(18(25-19)5-6-23)12-14-4-3-7-24-11-14/h3-4,7-11,13H,5-6,12,23H2,1-2H3. The molecule has 0 fully saturated rings. The Kier molecular flexibility index (Phi) is 7.02. The number of benzene rings is 1. The highest BCUT2D eigenvalue weighted by Gasteiger charge is 2.31. The maximum absolute atomic E-state index is 13.4. The normalized spacial score (nSPS) is 11.8. The monoisotopic (exact) mass is 468 g/mol. The molecule has 2 aromatic heterocycles. The van der Waals surface area contributed by atoms with Crippen LogP contribution in [0, 0.1) is 0 Å². The van der Waals surface area contributed by atoms with Gasteiger partial charge in [-0.3, -0.25) is 4.98 Å². The van der Waals surface area contributed by atoms with Gasteiger partial charge in [0.05, 0.1) is 12.2 Å². The number of hydrogen-bond acceptors (Lipinski definition) is 6. The molecule has 3 aromatic rings. The van der Waals surface area contributed by atoms with Crippen LogP contribution >= 0.6 is 23.2 Å². The second-order valence-electron chi connectivity index (χ2n) is 7.00. The van der Waals surface area contributed by atoms with Crippen LogP contribution in [0.4, 0.5) is 0 Å². The Hall–Kier alpha value is -2.13. The van der Waals surface area contributed by atoms with Crippen LogP contribution in [0.15, 0.2) is 47.8 Å². The molecule has 7 nitrogen and oxygen atoms in total. The summed E-state index contributed by atoms with van der Waals surface area (Å²) in [6, 6.07) is 7.93. The van der Waals surface area contributed by atoms with Crippen LogP contribution in [0.3, 0.4) is 0 Å². The third-order valence-electron chi connectivity index (χ3n) is 4.28. The van der Waals surface area contributed by atoms with Crippen molar-refractivity contribution < 1.29 is 12.6 Å². The van der Waals surface area contributed by atoms with Crippen LogP contribution in [0.2, 0.25) is 10.0 Å². The molecule has 30 heavy (non-hydrogen) atoms. The minimum Gasteiger partial charge on any atom is -0.378 e. The van der Waals surface area contributed by atoms with Crippen molar-refractivity contribution in [2.24, 2.45) is 5.73 Å². The van der Waals surface area contributed by atoms with E-state index in [-0.39, 0.29) is 33.3 Å². The second-order valence-corrected chi connectivity index (χ2v) is 9.34. The Morgan fingerprint density at radius 3 is 2.47 bits per heavy atom. The summed E-state index contributed by atoms with van der Waals surface area (Å²) in [6.07, 6.45) is 3.75. The van der Waals surface area contributed by atoms with Gasteiger partial charge in [0.15, 0.2) is 5.03 Å². The van der Waals surface area contributed by atoms with Crippen LogP contribution in [-0.4, -0.2) is 29.5 Å². The topological polar surface area (TPSA) is 100 Å². The molecule has 10 heteroatoms. The summed E-state index contributed by atoms with van der Waals surface area (Å²) in [6.45, 7) is 4.33. The van der Waals surface area contributed by atoms with Gasteiger partial charge in [0.2, 0.25) is 0 Å². The number of nitrogens with two attached hydrogens (primary N) is 1. The van der Waals surface area contributed by atoms with Crippen molar-refractivity contribution in [1.29, 1.82) is 0 Å². The Bertz CT molecular complexity index is 1110. The smallest absolute Gasteiger partial charge is 0.357 e. The zero-order valence-electron chi connectivity index (χ0n) is 16.5. The number of pyridine rings is 1. The van der Waals surface area contributed by atoms with Crippen molar-refractivity contribution in [1.82, 2.24) is 14.5 Å². The molecule has 0 amide bonds. The van der Waals surface area contributed by atoms with E-state index in [1.54, 1.807) is 23.0 Å². The van der Waals surface area contributed by atoms with Gasteiger partial charge in [0.25, 0.3) is 0 Å². The van der Waals surface area contributed by atoms with Crippen LogP contribution in [0.1, 0.15) is 36.8 Å².